The Morgan fingerprint density at radius 2 is 2.05 bits per heavy atom. The molecule has 0 saturated carbocycles. The summed E-state index contributed by atoms with van der Waals surface area (Å²) in [5, 5.41) is 2.91. The van der Waals surface area contributed by atoms with Gasteiger partial charge in [-0.1, -0.05) is 17.7 Å². The molecule has 0 aliphatic carbocycles. The van der Waals surface area contributed by atoms with Gasteiger partial charge in [0.15, 0.2) is 0 Å². The van der Waals surface area contributed by atoms with Crippen molar-refractivity contribution in [3.63, 3.8) is 0 Å². The average molecular weight is 290 g/mol. The molecule has 0 bridgehead atoms. The zero-order valence-corrected chi connectivity index (χ0v) is 12.6. The van der Waals surface area contributed by atoms with E-state index in [2.05, 4.69) is 5.32 Å². The number of hydrogen-bond donors (Lipinski definition) is 1. The summed E-state index contributed by atoms with van der Waals surface area (Å²) >= 11 is 0. The van der Waals surface area contributed by atoms with Crippen molar-refractivity contribution in [1.82, 2.24) is 4.90 Å². The van der Waals surface area contributed by atoms with Gasteiger partial charge in [-0.15, -0.1) is 0 Å². The third-order valence-electron chi connectivity index (χ3n) is 3.64. The second-order valence-corrected chi connectivity index (χ2v) is 5.34. The van der Waals surface area contributed by atoms with Gasteiger partial charge in [-0.05, 0) is 38.8 Å². The normalized spacial score (nSPS) is 18.2. The summed E-state index contributed by atoms with van der Waals surface area (Å²) in [6.45, 7) is 5.23. The highest BCUT2D eigenvalue weighted by Gasteiger charge is 2.29. The molecule has 1 aliphatic heterocycles. The lowest BCUT2D eigenvalue weighted by atomic mass is 9.97. The Bertz CT molecular complexity index is 499. The van der Waals surface area contributed by atoms with Crippen LogP contribution in [0.2, 0.25) is 0 Å². The first-order chi connectivity index (χ1) is 10.1. The van der Waals surface area contributed by atoms with Gasteiger partial charge in [-0.3, -0.25) is 4.79 Å². The van der Waals surface area contributed by atoms with Crippen molar-refractivity contribution in [2.24, 2.45) is 5.92 Å². The molecule has 21 heavy (non-hydrogen) atoms. The summed E-state index contributed by atoms with van der Waals surface area (Å²) < 4.78 is 5.00. The Balaban J connectivity index is 1.92. The van der Waals surface area contributed by atoms with Crippen molar-refractivity contribution in [3.05, 3.63) is 29.8 Å². The molecule has 1 atom stereocenters. The number of nitrogens with zero attached hydrogens (tertiary/aromatic N) is 1. The number of likely N-dealkylation sites (tertiary alicyclic amines) is 1. The molecule has 2 rings (SSSR count). The molecule has 0 radical (unpaired) electrons. The van der Waals surface area contributed by atoms with E-state index in [-0.39, 0.29) is 17.9 Å². The quantitative estimate of drug-likeness (QED) is 0.931. The second-order valence-electron chi connectivity index (χ2n) is 5.34. The Kier molecular flexibility index (Phi) is 5.20. The number of carbonyl (C=O) groups excluding carboxylic acids is 2. The molecule has 1 unspecified atom stereocenters. The van der Waals surface area contributed by atoms with E-state index in [1.807, 2.05) is 31.2 Å². The maximum Gasteiger partial charge on any atom is 0.409 e. The summed E-state index contributed by atoms with van der Waals surface area (Å²) in [5.74, 6) is -0.211. The number of hydrogen-bond acceptors (Lipinski definition) is 3. The van der Waals surface area contributed by atoms with E-state index in [0.29, 0.717) is 19.7 Å². The highest BCUT2D eigenvalue weighted by atomic mass is 16.6. The number of nitrogens with one attached hydrogen (secondary N) is 1. The van der Waals surface area contributed by atoms with Crippen LogP contribution in [0.1, 0.15) is 25.3 Å². The van der Waals surface area contributed by atoms with E-state index in [9.17, 15) is 9.59 Å². The number of amides is 2. The standard InChI is InChI=1S/C16H22N2O3/c1-3-21-16(20)18-10-4-5-13(11-18)15(19)17-14-8-6-12(2)7-9-14/h6-9,13H,3-5,10-11H2,1-2H3,(H,17,19). The summed E-state index contributed by atoms with van der Waals surface area (Å²) in [6.07, 6.45) is 1.30. The van der Waals surface area contributed by atoms with Crippen LogP contribution in [0.5, 0.6) is 0 Å². The van der Waals surface area contributed by atoms with Gasteiger partial charge >= 0.3 is 6.09 Å². The zero-order chi connectivity index (χ0) is 15.2. The molecule has 5 heteroatoms. The maximum absolute atomic E-state index is 12.3. The highest BCUT2D eigenvalue weighted by molar-refractivity contribution is 5.93. The van der Waals surface area contributed by atoms with E-state index in [1.165, 1.54) is 0 Å². The number of anilines is 1. The Hall–Kier alpha value is -2.04. The fourth-order valence-corrected chi connectivity index (χ4v) is 2.45. The van der Waals surface area contributed by atoms with E-state index in [1.54, 1.807) is 11.8 Å². The monoisotopic (exact) mass is 290 g/mol. The molecule has 2 amide bonds. The van der Waals surface area contributed by atoms with Crippen molar-refractivity contribution >= 4 is 17.7 Å². The smallest absolute Gasteiger partial charge is 0.409 e. The minimum absolute atomic E-state index is 0.0344. The molecule has 0 aromatic heterocycles. The lowest BCUT2D eigenvalue weighted by Crippen LogP contribution is -2.44. The summed E-state index contributed by atoms with van der Waals surface area (Å²) in [6, 6.07) is 7.70. The van der Waals surface area contributed by atoms with Gasteiger partial charge in [0, 0.05) is 18.8 Å². The first-order valence-electron chi connectivity index (χ1n) is 7.39. The molecular formula is C16H22N2O3. The Morgan fingerprint density at radius 3 is 2.71 bits per heavy atom. The second kappa shape index (κ2) is 7.11. The number of ether oxygens (including phenoxy) is 1. The van der Waals surface area contributed by atoms with E-state index < -0.39 is 0 Å². The fourth-order valence-electron chi connectivity index (χ4n) is 2.45. The number of rotatable bonds is 3. The lowest BCUT2D eigenvalue weighted by Gasteiger charge is -2.31. The summed E-state index contributed by atoms with van der Waals surface area (Å²) in [4.78, 5) is 25.6. The van der Waals surface area contributed by atoms with E-state index in [4.69, 9.17) is 4.74 Å². The third-order valence-corrected chi connectivity index (χ3v) is 3.64. The molecule has 0 spiro atoms. The van der Waals surface area contributed by atoms with Crippen LogP contribution >= 0.6 is 0 Å². The van der Waals surface area contributed by atoms with Crippen molar-refractivity contribution in [1.29, 1.82) is 0 Å². The van der Waals surface area contributed by atoms with Crippen LogP contribution in [0.3, 0.4) is 0 Å². The molecular weight excluding hydrogens is 268 g/mol. The van der Waals surface area contributed by atoms with E-state index >= 15 is 0 Å². The molecule has 1 heterocycles. The van der Waals surface area contributed by atoms with Crippen molar-refractivity contribution in [3.8, 4) is 0 Å². The van der Waals surface area contributed by atoms with Gasteiger partial charge in [0.1, 0.15) is 0 Å². The molecule has 1 aromatic rings. The van der Waals surface area contributed by atoms with Crippen LogP contribution in [-0.4, -0.2) is 36.6 Å². The van der Waals surface area contributed by atoms with Crippen molar-refractivity contribution in [2.45, 2.75) is 26.7 Å². The molecule has 1 N–H and O–H groups in total. The first kappa shape index (κ1) is 15.4. The van der Waals surface area contributed by atoms with E-state index in [0.717, 1.165) is 24.1 Å². The van der Waals surface area contributed by atoms with Gasteiger partial charge in [0.05, 0.1) is 12.5 Å². The van der Waals surface area contributed by atoms with Crippen molar-refractivity contribution < 1.29 is 14.3 Å². The molecule has 5 nitrogen and oxygen atoms in total. The molecule has 1 aromatic carbocycles. The summed E-state index contributed by atoms with van der Waals surface area (Å²) in [7, 11) is 0. The number of carbonyl (C=O) groups is 2. The number of benzene rings is 1. The van der Waals surface area contributed by atoms with Gasteiger partial charge in [0.25, 0.3) is 0 Å². The number of aryl methyl sites for hydroxylation is 1. The topological polar surface area (TPSA) is 58.6 Å². The average Bonchev–Trinajstić information content (AvgIpc) is 2.50. The van der Waals surface area contributed by atoms with Gasteiger partial charge < -0.3 is 15.0 Å². The SMILES string of the molecule is CCOC(=O)N1CCCC(C(=O)Nc2ccc(C)cc2)C1. The molecule has 1 aliphatic rings. The largest absolute Gasteiger partial charge is 0.450 e. The van der Waals surface area contributed by atoms with Gasteiger partial charge in [-0.2, -0.15) is 0 Å². The zero-order valence-electron chi connectivity index (χ0n) is 12.6. The first-order valence-corrected chi connectivity index (χ1v) is 7.39. The number of piperidine rings is 1. The van der Waals surface area contributed by atoms with Crippen LogP contribution < -0.4 is 5.32 Å². The molecule has 1 saturated heterocycles. The fraction of sp³-hybridized carbons (Fsp3) is 0.500. The highest BCUT2D eigenvalue weighted by Crippen LogP contribution is 2.19. The van der Waals surface area contributed by atoms with Crippen LogP contribution in [0.4, 0.5) is 10.5 Å². The Morgan fingerprint density at radius 1 is 1.33 bits per heavy atom. The predicted molar refractivity (Wildman–Crippen MR) is 81.1 cm³/mol. The van der Waals surface area contributed by atoms with Crippen molar-refractivity contribution in [2.75, 3.05) is 25.0 Å². The minimum atomic E-state index is -0.328. The summed E-state index contributed by atoms with van der Waals surface area (Å²) in [5.41, 5.74) is 1.94. The van der Waals surface area contributed by atoms with Crippen LogP contribution in [0.25, 0.3) is 0 Å². The van der Waals surface area contributed by atoms with Crippen LogP contribution in [-0.2, 0) is 9.53 Å². The van der Waals surface area contributed by atoms with Gasteiger partial charge in [-0.25, -0.2) is 4.79 Å². The third kappa shape index (κ3) is 4.21. The maximum atomic E-state index is 12.3. The lowest BCUT2D eigenvalue weighted by molar-refractivity contribution is -0.121. The predicted octanol–water partition coefficient (Wildman–Crippen LogP) is 2.80. The van der Waals surface area contributed by atoms with Crippen LogP contribution in [0.15, 0.2) is 24.3 Å². The molecule has 114 valence electrons. The van der Waals surface area contributed by atoms with Crippen LogP contribution in [0, 0.1) is 12.8 Å². The molecule has 1 fully saturated rings. The van der Waals surface area contributed by atoms with Gasteiger partial charge in [0.2, 0.25) is 5.91 Å². The Labute approximate surface area is 125 Å². The minimum Gasteiger partial charge on any atom is -0.450 e.